The summed E-state index contributed by atoms with van der Waals surface area (Å²) in [6.45, 7) is 7.39. The normalized spacial score (nSPS) is 15.0. The predicted octanol–water partition coefficient (Wildman–Crippen LogP) is -1.74. The zero-order chi connectivity index (χ0) is 28.7. The summed E-state index contributed by atoms with van der Waals surface area (Å²) >= 11 is 0. The van der Waals surface area contributed by atoms with Gasteiger partial charge in [-0.15, -0.1) is 0 Å². The molecule has 0 aliphatic heterocycles. The van der Waals surface area contributed by atoms with Gasteiger partial charge in [0.05, 0.1) is 6.04 Å². The number of carbonyl (C=O) groups is 5. The fraction of sp³-hybridized carbons (Fsp3) is 0.739. The highest BCUT2D eigenvalue weighted by Crippen LogP contribution is 2.11. The zero-order valence-electron chi connectivity index (χ0n) is 22.2. The Morgan fingerprint density at radius 1 is 0.865 bits per heavy atom. The Balaban J connectivity index is 5.67. The van der Waals surface area contributed by atoms with Crippen molar-refractivity contribution >= 4 is 35.6 Å². The molecule has 0 spiro atoms. The number of aliphatic imine (C=N–C) groups is 1. The molecule has 0 aliphatic carbocycles. The van der Waals surface area contributed by atoms with E-state index in [1.807, 2.05) is 13.8 Å². The molecule has 0 fully saturated rings. The number of nitrogens with zero attached hydrogens (tertiary/aromatic N) is 1. The molecule has 14 nitrogen and oxygen atoms in total. The molecule has 0 saturated heterocycles. The summed E-state index contributed by atoms with van der Waals surface area (Å²) in [7, 11) is 0. The number of guanidine groups is 1. The number of carboxylic acids is 1. The number of hydrogen-bond acceptors (Lipinski definition) is 7. The van der Waals surface area contributed by atoms with Crippen molar-refractivity contribution in [2.45, 2.75) is 90.4 Å². The van der Waals surface area contributed by atoms with Crippen LogP contribution in [0.4, 0.5) is 0 Å². The summed E-state index contributed by atoms with van der Waals surface area (Å²) in [5.74, 6) is -4.24. The largest absolute Gasteiger partial charge is 0.480 e. The predicted molar refractivity (Wildman–Crippen MR) is 139 cm³/mol. The van der Waals surface area contributed by atoms with Crippen LogP contribution in [0.1, 0.15) is 66.2 Å². The Kier molecular flexibility index (Phi) is 15.5. The minimum absolute atomic E-state index is 0.00571. The van der Waals surface area contributed by atoms with Gasteiger partial charge in [0, 0.05) is 13.0 Å². The lowest BCUT2D eigenvalue weighted by Crippen LogP contribution is -2.58. The molecule has 0 aromatic carbocycles. The Labute approximate surface area is 217 Å². The highest BCUT2D eigenvalue weighted by molar-refractivity contribution is 5.94. The van der Waals surface area contributed by atoms with E-state index < -0.39 is 53.8 Å². The van der Waals surface area contributed by atoms with Gasteiger partial charge < -0.3 is 44.0 Å². The van der Waals surface area contributed by atoms with Crippen LogP contribution in [0.15, 0.2) is 4.99 Å². The van der Waals surface area contributed by atoms with Crippen LogP contribution in [0.25, 0.3) is 0 Å². The van der Waals surface area contributed by atoms with Crippen LogP contribution in [0.2, 0.25) is 0 Å². The second-order valence-electron chi connectivity index (χ2n) is 9.52. The molecule has 37 heavy (non-hydrogen) atoms. The average molecular weight is 529 g/mol. The van der Waals surface area contributed by atoms with E-state index in [-0.39, 0.29) is 50.0 Å². The molecule has 0 radical (unpaired) electrons. The second kappa shape index (κ2) is 17.1. The van der Waals surface area contributed by atoms with Crippen LogP contribution in [0, 0.1) is 11.8 Å². The highest BCUT2D eigenvalue weighted by atomic mass is 16.4. The molecule has 0 saturated carbocycles. The Hall–Kier alpha value is -3.42. The molecule has 5 atom stereocenters. The molecule has 5 unspecified atom stereocenters. The van der Waals surface area contributed by atoms with Crippen molar-refractivity contribution in [1.82, 2.24) is 16.0 Å². The maximum Gasteiger partial charge on any atom is 0.326 e. The first-order valence-corrected chi connectivity index (χ1v) is 12.4. The van der Waals surface area contributed by atoms with Gasteiger partial charge in [0.1, 0.15) is 18.1 Å². The molecule has 0 aliphatic rings. The number of nitrogens with one attached hydrogen (secondary N) is 3. The number of aliphatic carboxylic acids is 1. The van der Waals surface area contributed by atoms with Crippen molar-refractivity contribution < 1.29 is 29.1 Å². The third-order valence-electron chi connectivity index (χ3n) is 5.73. The number of amides is 4. The Morgan fingerprint density at radius 3 is 1.92 bits per heavy atom. The number of carboxylic acid groups (broad SMARTS) is 1. The molecule has 0 aromatic heterocycles. The molecule has 212 valence electrons. The SMILES string of the molecule is CCC(C)C(NC(=O)C(CCCN=C(N)N)NC(=O)C(CC(C)C)NC(=O)C(N)CCC(N)=O)C(=O)O. The minimum Gasteiger partial charge on any atom is -0.480 e. The van der Waals surface area contributed by atoms with E-state index in [1.54, 1.807) is 13.8 Å². The van der Waals surface area contributed by atoms with E-state index in [9.17, 15) is 29.1 Å². The lowest BCUT2D eigenvalue weighted by atomic mass is 9.98. The quantitative estimate of drug-likeness (QED) is 0.0569. The van der Waals surface area contributed by atoms with E-state index in [1.165, 1.54) is 0 Å². The lowest BCUT2D eigenvalue weighted by molar-refractivity contribution is -0.144. The number of hydrogen-bond donors (Lipinski definition) is 8. The summed E-state index contributed by atoms with van der Waals surface area (Å²) in [5.41, 5.74) is 21.6. The number of nitrogens with two attached hydrogens (primary N) is 4. The van der Waals surface area contributed by atoms with E-state index in [0.29, 0.717) is 12.8 Å². The number of rotatable bonds is 18. The fourth-order valence-corrected chi connectivity index (χ4v) is 3.39. The van der Waals surface area contributed by atoms with Gasteiger partial charge in [0.15, 0.2) is 5.96 Å². The van der Waals surface area contributed by atoms with Crippen molar-refractivity contribution in [3.63, 3.8) is 0 Å². The minimum atomic E-state index is -1.19. The number of carbonyl (C=O) groups excluding carboxylic acids is 4. The number of primary amides is 1. The molecule has 4 amide bonds. The summed E-state index contributed by atoms with van der Waals surface area (Å²) in [6.07, 6.45) is 1.11. The summed E-state index contributed by atoms with van der Waals surface area (Å²) < 4.78 is 0. The lowest BCUT2D eigenvalue weighted by Gasteiger charge is -2.27. The molecular formula is C23H44N8O6. The van der Waals surface area contributed by atoms with Gasteiger partial charge in [-0.05, 0) is 37.5 Å². The second-order valence-corrected chi connectivity index (χ2v) is 9.52. The van der Waals surface area contributed by atoms with Gasteiger partial charge in [-0.2, -0.15) is 0 Å². The maximum atomic E-state index is 13.2. The summed E-state index contributed by atoms with van der Waals surface area (Å²) in [6, 6.07) is -4.34. The monoisotopic (exact) mass is 528 g/mol. The summed E-state index contributed by atoms with van der Waals surface area (Å²) in [4.78, 5) is 65.3. The van der Waals surface area contributed by atoms with Crippen molar-refractivity contribution in [2.75, 3.05) is 6.54 Å². The topological polar surface area (TPSA) is 258 Å². The van der Waals surface area contributed by atoms with Gasteiger partial charge >= 0.3 is 5.97 Å². The van der Waals surface area contributed by atoms with Crippen LogP contribution in [-0.2, 0) is 24.0 Å². The van der Waals surface area contributed by atoms with Gasteiger partial charge in [0.25, 0.3) is 0 Å². The van der Waals surface area contributed by atoms with E-state index in [0.717, 1.165) is 0 Å². The molecule has 0 heterocycles. The smallest absolute Gasteiger partial charge is 0.326 e. The van der Waals surface area contributed by atoms with Crippen molar-refractivity contribution in [1.29, 1.82) is 0 Å². The van der Waals surface area contributed by atoms with Gasteiger partial charge in [-0.25, -0.2) is 4.79 Å². The van der Waals surface area contributed by atoms with Crippen molar-refractivity contribution in [3.8, 4) is 0 Å². The highest BCUT2D eigenvalue weighted by Gasteiger charge is 2.32. The molecule has 14 heteroatoms. The van der Waals surface area contributed by atoms with Crippen molar-refractivity contribution in [3.05, 3.63) is 0 Å². The van der Waals surface area contributed by atoms with Crippen LogP contribution < -0.4 is 38.9 Å². The molecule has 0 bridgehead atoms. The van der Waals surface area contributed by atoms with Gasteiger partial charge in [-0.1, -0.05) is 34.1 Å². The van der Waals surface area contributed by atoms with Crippen LogP contribution >= 0.6 is 0 Å². The molecule has 0 rings (SSSR count). The first kappa shape index (κ1) is 33.6. The zero-order valence-corrected chi connectivity index (χ0v) is 22.2. The average Bonchev–Trinajstić information content (AvgIpc) is 2.80. The third kappa shape index (κ3) is 14.0. The Morgan fingerprint density at radius 2 is 1.43 bits per heavy atom. The van der Waals surface area contributed by atoms with E-state index in [2.05, 4.69) is 20.9 Å². The fourth-order valence-electron chi connectivity index (χ4n) is 3.39. The Bertz CT molecular complexity index is 815. The molecule has 12 N–H and O–H groups in total. The van der Waals surface area contributed by atoms with E-state index in [4.69, 9.17) is 22.9 Å². The molecular weight excluding hydrogens is 484 g/mol. The maximum absolute atomic E-state index is 13.2. The van der Waals surface area contributed by atoms with Crippen LogP contribution in [0.5, 0.6) is 0 Å². The third-order valence-corrected chi connectivity index (χ3v) is 5.73. The van der Waals surface area contributed by atoms with Crippen molar-refractivity contribution in [2.24, 2.45) is 39.8 Å². The van der Waals surface area contributed by atoms with Crippen LogP contribution in [-0.4, -0.2) is 71.4 Å². The van der Waals surface area contributed by atoms with Crippen LogP contribution in [0.3, 0.4) is 0 Å². The first-order valence-electron chi connectivity index (χ1n) is 12.4. The summed E-state index contributed by atoms with van der Waals surface area (Å²) in [5, 5.41) is 17.2. The standard InChI is InChI=1S/C23H44N8O6/c1-5-13(4)18(22(36)37)31-20(34)15(7-6-10-28-23(26)27)29-21(35)16(11-12(2)3)30-19(33)14(24)8-9-17(25)32/h12-16,18H,5-11,24H2,1-4H3,(H2,25,32)(H,29,35)(H,30,33)(H,31,34)(H,36,37)(H4,26,27,28). The molecule has 0 aromatic rings. The van der Waals surface area contributed by atoms with Gasteiger partial charge in [-0.3, -0.25) is 24.2 Å². The van der Waals surface area contributed by atoms with E-state index >= 15 is 0 Å². The van der Waals surface area contributed by atoms with Gasteiger partial charge in [0.2, 0.25) is 23.6 Å². The first-order chi connectivity index (χ1) is 17.2.